The maximum atomic E-state index is 12.3. The van der Waals surface area contributed by atoms with Gasteiger partial charge >= 0.3 is 5.69 Å². The normalized spacial score (nSPS) is 10.8. The topological polar surface area (TPSA) is 103 Å². The molecule has 0 saturated heterocycles. The second kappa shape index (κ2) is 6.68. The molecule has 1 amide bonds. The Morgan fingerprint density at radius 1 is 1.40 bits per heavy atom. The minimum absolute atomic E-state index is 0.0911. The molecule has 0 bridgehead atoms. The largest absolute Gasteiger partial charge is 0.325 e. The maximum Gasteiger partial charge on any atom is 0.306 e. The zero-order valence-electron chi connectivity index (χ0n) is 13.9. The second-order valence-electron chi connectivity index (χ2n) is 5.78. The molecule has 1 N–H and O–H groups in total. The minimum Gasteiger partial charge on any atom is -0.325 e. The van der Waals surface area contributed by atoms with Gasteiger partial charge < -0.3 is 5.32 Å². The standard InChI is InChI=1S/C17H17N5O3/c1-11-8-15(14-4-3-6-18-17(14)12(11)2)20-16(23)5-7-21-10-13(9-19-21)22(24)25/h3-4,6,8-10H,5,7H2,1-2H3,(H,20,23). The van der Waals surface area contributed by atoms with Gasteiger partial charge in [0, 0.05) is 24.5 Å². The van der Waals surface area contributed by atoms with Gasteiger partial charge in [-0.05, 0) is 43.2 Å². The molecule has 3 aromatic rings. The van der Waals surface area contributed by atoms with Crippen LogP contribution in [0.4, 0.5) is 11.4 Å². The Morgan fingerprint density at radius 2 is 2.20 bits per heavy atom. The van der Waals surface area contributed by atoms with E-state index in [9.17, 15) is 14.9 Å². The van der Waals surface area contributed by atoms with E-state index in [1.807, 2.05) is 32.0 Å². The number of hydrogen-bond acceptors (Lipinski definition) is 5. The molecule has 8 heteroatoms. The van der Waals surface area contributed by atoms with Gasteiger partial charge in [0.2, 0.25) is 5.91 Å². The Bertz CT molecular complexity index is 964. The molecule has 0 spiro atoms. The highest BCUT2D eigenvalue weighted by Crippen LogP contribution is 2.27. The number of aromatic nitrogens is 3. The lowest BCUT2D eigenvalue weighted by Crippen LogP contribution is -2.15. The quantitative estimate of drug-likeness (QED) is 0.568. The summed E-state index contributed by atoms with van der Waals surface area (Å²) in [5.74, 6) is -0.188. The number of anilines is 1. The summed E-state index contributed by atoms with van der Waals surface area (Å²) in [5.41, 5.74) is 3.61. The zero-order chi connectivity index (χ0) is 18.0. The molecule has 128 valence electrons. The first kappa shape index (κ1) is 16.6. The fraction of sp³-hybridized carbons (Fsp3) is 0.235. The van der Waals surface area contributed by atoms with Crippen molar-refractivity contribution >= 4 is 28.2 Å². The van der Waals surface area contributed by atoms with Crippen molar-refractivity contribution in [1.29, 1.82) is 0 Å². The molecule has 0 fully saturated rings. The van der Waals surface area contributed by atoms with Crippen molar-refractivity contribution in [3.05, 3.63) is 58.0 Å². The summed E-state index contributed by atoms with van der Waals surface area (Å²) in [6, 6.07) is 5.67. The van der Waals surface area contributed by atoms with Crippen molar-refractivity contribution in [3.8, 4) is 0 Å². The highest BCUT2D eigenvalue weighted by atomic mass is 16.6. The number of nitrogens with zero attached hydrogens (tertiary/aromatic N) is 4. The fourth-order valence-electron chi connectivity index (χ4n) is 2.61. The van der Waals surface area contributed by atoms with Crippen LogP contribution in [-0.4, -0.2) is 25.6 Å². The average Bonchev–Trinajstić information content (AvgIpc) is 3.07. The molecule has 1 aromatic carbocycles. The van der Waals surface area contributed by atoms with E-state index in [2.05, 4.69) is 15.4 Å². The third-order valence-electron chi connectivity index (χ3n) is 4.08. The van der Waals surface area contributed by atoms with E-state index in [1.165, 1.54) is 17.1 Å². The lowest BCUT2D eigenvalue weighted by molar-refractivity contribution is -0.385. The number of nitrogens with one attached hydrogen (secondary N) is 1. The maximum absolute atomic E-state index is 12.3. The van der Waals surface area contributed by atoms with E-state index < -0.39 is 4.92 Å². The number of carbonyl (C=O) groups excluding carboxylic acids is 1. The first-order chi connectivity index (χ1) is 12.0. The highest BCUT2D eigenvalue weighted by molar-refractivity contribution is 6.02. The second-order valence-corrected chi connectivity index (χ2v) is 5.78. The van der Waals surface area contributed by atoms with Crippen LogP contribution in [0.25, 0.3) is 10.9 Å². The molecule has 8 nitrogen and oxygen atoms in total. The molecule has 2 aromatic heterocycles. The Balaban J connectivity index is 1.73. The summed E-state index contributed by atoms with van der Waals surface area (Å²) >= 11 is 0. The molecule has 0 aliphatic rings. The van der Waals surface area contributed by atoms with E-state index >= 15 is 0 Å². The van der Waals surface area contributed by atoms with Crippen LogP contribution in [0.2, 0.25) is 0 Å². The van der Waals surface area contributed by atoms with Gasteiger partial charge in [-0.25, -0.2) is 0 Å². The smallest absolute Gasteiger partial charge is 0.306 e. The lowest BCUT2D eigenvalue weighted by atomic mass is 10.0. The van der Waals surface area contributed by atoms with Crippen LogP contribution in [0.15, 0.2) is 36.8 Å². The van der Waals surface area contributed by atoms with Gasteiger partial charge in [0.25, 0.3) is 0 Å². The molecule has 0 aliphatic carbocycles. The van der Waals surface area contributed by atoms with Crippen molar-refractivity contribution in [2.24, 2.45) is 0 Å². The molecule has 0 atom stereocenters. The number of pyridine rings is 1. The zero-order valence-corrected chi connectivity index (χ0v) is 13.9. The number of amides is 1. The summed E-state index contributed by atoms with van der Waals surface area (Å²) in [5, 5.41) is 18.3. The third-order valence-corrected chi connectivity index (χ3v) is 4.08. The Labute approximate surface area is 143 Å². The van der Waals surface area contributed by atoms with Gasteiger partial charge in [0.15, 0.2) is 0 Å². The molecule has 2 heterocycles. The van der Waals surface area contributed by atoms with Crippen molar-refractivity contribution in [3.63, 3.8) is 0 Å². The summed E-state index contributed by atoms with van der Waals surface area (Å²) in [4.78, 5) is 26.8. The number of aryl methyl sites for hydroxylation is 3. The van der Waals surface area contributed by atoms with Crippen LogP contribution >= 0.6 is 0 Å². The molecule has 0 unspecified atom stereocenters. The molecule has 25 heavy (non-hydrogen) atoms. The van der Waals surface area contributed by atoms with Gasteiger partial charge in [-0.1, -0.05) is 0 Å². The van der Waals surface area contributed by atoms with Crippen LogP contribution in [0.1, 0.15) is 17.5 Å². The van der Waals surface area contributed by atoms with E-state index in [0.29, 0.717) is 5.69 Å². The molecular formula is C17H17N5O3. The van der Waals surface area contributed by atoms with Crippen LogP contribution in [0, 0.1) is 24.0 Å². The van der Waals surface area contributed by atoms with Crippen molar-refractivity contribution in [2.45, 2.75) is 26.8 Å². The van der Waals surface area contributed by atoms with Crippen molar-refractivity contribution in [1.82, 2.24) is 14.8 Å². The van der Waals surface area contributed by atoms with E-state index in [-0.39, 0.29) is 24.6 Å². The van der Waals surface area contributed by atoms with E-state index in [0.717, 1.165) is 22.0 Å². The number of hydrogen-bond donors (Lipinski definition) is 1. The Hall–Kier alpha value is -3.29. The van der Waals surface area contributed by atoms with Gasteiger partial charge in [-0.2, -0.15) is 5.10 Å². The summed E-state index contributed by atoms with van der Waals surface area (Å²) in [7, 11) is 0. The predicted molar refractivity (Wildman–Crippen MR) is 93.3 cm³/mol. The SMILES string of the molecule is Cc1cc(NC(=O)CCn2cc([N+](=O)[O-])cn2)c2cccnc2c1C. The Kier molecular flexibility index (Phi) is 4.42. The molecule has 0 aliphatic heterocycles. The van der Waals surface area contributed by atoms with Crippen molar-refractivity contribution in [2.75, 3.05) is 5.32 Å². The lowest BCUT2D eigenvalue weighted by Gasteiger charge is -2.12. The van der Waals surface area contributed by atoms with E-state index in [1.54, 1.807) is 6.20 Å². The number of carbonyl (C=O) groups is 1. The number of rotatable bonds is 5. The fourth-order valence-corrected chi connectivity index (χ4v) is 2.61. The molecular weight excluding hydrogens is 322 g/mol. The number of benzene rings is 1. The summed E-state index contributed by atoms with van der Waals surface area (Å²) in [6.07, 6.45) is 4.36. The van der Waals surface area contributed by atoms with Crippen LogP contribution < -0.4 is 5.32 Å². The molecule has 3 rings (SSSR count). The van der Waals surface area contributed by atoms with Gasteiger partial charge in [0.05, 0.1) is 16.1 Å². The number of nitro groups is 1. The van der Waals surface area contributed by atoms with Gasteiger partial charge in [-0.15, -0.1) is 0 Å². The van der Waals surface area contributed by atoms with E-state index in [4.69, 9.17) is 0 Å². The molecule has 0 saturated carbocycles. The summed E-state index contributed by atoms with van der Waals surface area (Å²) in [6.45, 7) is 4.24. The van der Waals surface area contributed by atoms with Gasteiger partial charge in [-0.3, -0.25) is 24.6 Å². The average molecular weight is 339 g/mol. The first-order valence-electron chi connectivity index (χ1n) is 7.77. The van der Waals surface area contributed by atoms with Crippen LogP contribution in [-0.2, 0) is 11.3 Å². The van der Waals surface area contributed by atoms with Gasteiger partial charge in [0.1, 0.15) is 12.4 Å². The van der Waals surface area contributed by atoms with Crippen LogP contribution in [0.3, 0.4) is 0 Å². The monoisotopic (exact) mass is 339 g/mol. The van der Waals surface area contributed by atoms with Crippen LogP contribution in [0.5, 0.6) is 0 Å². The first-order valence-corrected chi connectivity index (χ1v) is 7.77. The minimum atomic E-state index is -0.516. The number of fused-ring (bicyclic) bond motifs is 1. The highest BCUT2D eigenvalue weighted by Gasteiger charge is 2.12. The third kappa shape index (κ3) is 3.47. The predicted octanol–water partition coefficient (Wildman–Crippen LogP) is 2.99. The molecule has 0 radical (unpaired) electrons. The van der Waals surface area contributed by atoms with Crippen molar-refractivity contribution < 1.29 is 9.72 Å². The summed E-state index contributed by atoms with van der Waals surface area (Å²) < 4.78 is 1.39. The Morgan fingerprint density at radius 3 is 2.92 bits per heavy atom.